The van der Waals surface area contributed by atoms with E-state index in [4.69, 9.17) is 10.8 Å². The van der Waals surface area contributed by atoms with Gasteiger partial charge in [0.15, 0.2) is 0 Å². The van der Waals surface area contributed by atoms with E-state index in [-0.39, 0.29) is 6.61 Å². The summed E-state index contributed by atoms with van der Waals surface area (Å²) < 4.78 is 2.23. The van der Waals surface area contributed by atoms with Gasteiger partial charge in [-0.15, -0.1) is 0 Å². The quantitative estimate of drug-likeness (QED) is 0.613. The summed E-state index contributed by atoms with van der Waals surface area (Å²) in [6.45, 7) is 3.26. The molecule has 2 rings (SSSR count). The van der Waals surface area contributed by atoms with Crippen molar-refractivity contribution in [2.45, 2.75) is 32.7 Å². The summed E-state index contributed by atoms with van der Waals surface area (Å²) in [5.41, 5.74) is 8.61. The summed E-state index contributed by atoms with van der Waals surface area (Å²) in [7, 11) is 0. The number of nitrogen functional groups attached to an aromatic ring is 1. The van der Waals surface area contributed by atoms with Crippen LogP contribution < -0.4 is 5.73 Å². The summed E-state index contributed by atoms with van der Waals surface area (Å²) in [4.78, 5) is 4.59. The lowest BCUT2D eigenvalue weighted by Gasteiger charge is -2.07. The summed E-state index contributed by atoms with van der Waals surface area (Å²) >= 11 is 0. The SMILES string of the molecule is CCc1nc2cc(N)ccc2n1CCCCO. The van der Waals surface area contributed by atoms with E-state index >= 15 is 0 Å². The third-order valence-electron chi connectivity index (χ3n) is 2.96. The third kappa shape index (κ3) is 2.42. The summed E-state index contributed by atoms with van der Waals surface area (Å²) in [5, 5.41) is 8.83. The molecule has 0 saturated heterocycles. The van der Waals surface area contributed by atoms with Gasteiger partial charge in [-0.3, -0.25) is 0 Å². The molecule has 92 valence electrons. The Balaban J connectivity index is 2.36. The molecule has 0 aliphatic heterocycles. The van der Waals surface area contributed by atoms with Crippen molar-refractivity contribution in [2.75, 3.05) is 12.3 Å². The molecular weight excluding hydrogens is 214 g/mol. The zero-order valence-corrected chi connectivity index (χ0v) is 10.2. The normalized spacial score (nSPS) is 11.2. The summed E-state index contributed by atoms with van der Waals surface area (Å²) in [6, 6.07) is 5.85. The number of aromatic nitrogens is 2. The second-order valence-electron chi connectivity index (χ2n) is 4.21. The maximum absolute atomic E-state index is 8.83. The van der Waals surface area contributed by atoms with Crippen LogP contribution >= 0.6 is 0 Å². The Morgan fingerprint density at radius 1 is 1.35 bits per heavy atom. The molecule has 0 amide bonds. The number of nitrogens with zero attached hydrogens (tertiary/aromatic N) is 2. The zero-order valence-electron chi connectivity index (χ0n) is 10.2. The highest BCUT2D eigenvalue weighted by Gasteiger charge is 2.08. The number of imidazole rings is 1. The van der Waals surface area contributed by atoms with Gasteiger partial charge in [-0.05, 0) is 31.0 Å². The standard InChI is InChI=1S/C13H19N3O/c1-2-13-15-11-9-10(14)5-6-12(11)16(13)7-3-4-8-17/h5-6,9,17H,2-4,7-8,14H2,1H3. The number of hydrogen-bond donors (Lipinski definition) is 2. The number of aliphatic hydroxyl groups is 1. The fourth-order valence-corrected chi connectivity index (χ4v) is 2.10. The fourth-order valence-electron chi connectivity index (χ4n) is 2.10. The van der Waals surface area contributed by atoms with Crippen molar-refractivity contribution >= 4 is 16.7 Å². The molecule has 0 spiro atoms. The van der Waals surface area contributed by atoms with Crippen molar-refractivity contribution in [1.29, 1.82) is 0 Å². The van der Waals surface area contributed by atoms with Gasteiger partial charge in [0.2, 0.25) is 0 Å². The van der Waals surface area contributed by atoms with E-state index < -0.39 is 0 Å². The number of aliphatic hydroxyl groups excluding tert-OH is 1. The number of fused-ring (bicyclic) bond motifs is 1. The van der Waals surface area contributed by atoms with Gasteiger partial charge in [-0.1, -0.05) is 6.92 Å². The molecule has 0 bridgehead atoms. The smallest absolute Gasteiger partial charge is 0.109 e. The van der Waals surface area contributed by atoms with Gasteiger partial charge in [-0.2, -0.15) is 0 Å². The first-order valence-electron chi connectivity index (χ1n) is 6.11. The van der Waals surface area contributed by atoms with Crippen LogP contribution in [0.1, 0.15) is 25.6 Å². The monoisotopic (exact) mass is 233 g/mol. The predicted molar refractivity (Wildman–Crippen MR) is 69.8 cm³/mol. The van der Waals surface area contributed by atoms with E-state index in [1.807, 2.05) is 18.2 Å². The molecule has 0 radical (unpaired) electrons. The van der Waals surface area contributed by atoms with Crippen LogP contribution in [0.2, 0.25) is 0 Å². The Labute approximate surface area is 101 Å². The lowest BCUT2D eigenvalue weighted by atomic mass is 10.2. The highest BCUT2D eigenvalue weighted by atomic mass is 16.2. The number of benzene rings is 1. The van der Waals surface area contributed by atoms with E-state index in [0.29, 0.717) is 0 Å². The maximum Gasteiger partial charge on any atom is 0.109 e. The molecular formula is C13H19N3O. The Bertz CT molecular complexity index is 505. The first kappa shape index (κ1) is 11.9. The van der Waals surface area contributed by atoms with Crippen LogP contribution in [-0.2, 0) is 13.0 Å². The maximum atomic E-state index is 8.83. The number of aryl methyl sites for hydroxylation is 2. The van der Waals surface area contributed by atoms with E-state index in [1.165, 1.54) is 0 Å². The van der Waals surface area contributed by atoms with E-state index in [1.54, 1.807) is 0 Å². The highest BCUT2D eigenvalue weighted by Crippen LogP contribution is 2.20. The Morgan fingerprint density at radius 3 is 2.88 bits per heavy atom. The second-order valence-corrected chi connectivity index (χ2v) is 4.21. The van der Waals surface area contributed by atoms with Gasteiger partial charge in [-0.25, -0.2) is 4.98 Å². The van der Waals surface area contributed by atoms with Gasteiger partial charge >= 0.3 is 0 Å². The van der Waals surface area contributed by atoms with Crippen LogP contribution in [0.15, 0.2) is 18.2 Å². The van der Waals surface area contributed by atoms with Gasteiger partial charge in [0.05, 0.1) is 11.0 Å². The van der Waals surface area contributed by atoms with Gasteiger partial charge in [0, 0.05) is 25.3 Å². The van der Waals surface area contributed by atoms with E-state index in [0.717, 1.165) is 48.4 Å². The molecule has 0 saturated carbocycles. The zero-order chi connectivity index (χ0) is 12.3. The van der Waals surface area contributed by atoms with Crippen molar-refractivity contribution in [2.24, 2.45) is 0 Å². The molecule has 1 aromatic carbocycles. The van der Waals surface area contributed by atoms with Crippen LogP contribution in [0.3, 0.4) is 0 Å². The average molecular weight is 233 g/mol. The molecule has 2 aromatic rings. The lowest BCUT2D eigenvalue weighted by Crippen LogP contribution is -2.03. The third-order valence-corrected chi connectivity index (χ3v) is 2.96. The molecule has 17 heavy (non-hydrogen) atoms. The minimum atomic E-state index is 0.251. The number of nitrogens with two attached hydrogens (primary N) is 1. The molecule has 0 aliphatic rings. The fraction of sp³-hybridized carbons (Fsp3) is 0.462. The van der Waals surface area contributed by atoms with Gasteiger partial charge in [0.25, 0.3) is 0 Å². The van der Waals surface area contributed by atoms with Crippen molar-refractivity contribution < 1.29 is 5.11 Å². The minimum Gasteiger partial charge on any atom is -0.399 e. The van der Waals surface area contributed by atoms with Crippen LogP contribution in [0.5, 0.6) is 0 Å². The molecule has 3 N–H and O–H groups in total. The van der Waals surface area contributed by atoms with Crippen LogP contribution in [-0.4, -0.2) is 21.3 Å². The minimum absolute atomic E-state index is 0.251. The topological polar surface area (TPSA) is 64.1 Å². The Hall–Kier alpha value is -1.55. The van der Waals surface area contributed by atoms with Crippen LogP contribution in [0, 0.1) is 0 Å². The molecule has 0 fully saturated rings. The first-order valence-corrected chi connectivity index (χ1v) is 6.11. The van der Waals surface area contributed by atoms with Gasteiger partial charge < -0.3 is 15.4 Å². The summed E-state index contributed by atoms with van der Waals surface area (Å²) in [5.74, 6) is 1.09. The van der Waals surface area contributed by atoms with Crippen molar-refractivity contribution in [1.82, 2.24) is 9.55 Å². The number of hydrogen-bond acceptors (Lipinski definition) is 3. The molecule has 0 unspecified atom stereocenters. The Morgan fingerprint density at radius 2 is 2.18 bits per heavy atom. The second kappa shape index (κ2) is 5.19. The molecule has 4 heteroatoms. The first-order chi connectivity index (χ1) is 8.26. The number of rotatable bonds is 5. The average Bonchev–Trinajstić information content (AvgIpc) is 2.67. The largest absolute Gasteiger partial charge is 0.399 e. The number of anilines is 1. The van der Waals surface area contributed by atoms with Crippen LogP contribution in [0.25, 0.3) is 11.0 Å². The molecule has 1 aromatic heterocycles. The van der Waals surface area contributed by atoms with Gasteiger partial charge in [0.1, 0.15) is 5.82 Å². The summed E-state index contributed by atoms with van der Waals surface area (Å²) in [6.07, 6.45) is 2.71. The van der Waals surface area contributed by atoms with Crippen molar-refractivity contribution in [3.05, 3.63) is 24.0 Å². The van der Waals surface area contributed by atoms with Crippen LogP contribution in [0.4, 0.5) is 5.69 Å². The molecule has 0 atom stereocenters. The lowest BCUT2D eigenvalue weighted by molar-refractivity contribution is 0.281. The number of unbranched alkanes of at least 4 members (excludes halogenated alkanes) is 1. The Kier molecular flexibility index (Phi) is 3.64. The van der Waals surface area contributed by atoms with E-state index in [2.05, 4.69) is 16.5 Å². The van der Waals surface area contributed by atoms with Crippen molar-refractivity contribution in [3.8, 4) is 0 Å². The highest BCUT2D eigenvalue weighted by molar-refractivity contribution is 5.79. The van der Waals surface area contributed by atoms with Crippen molar-refractivity contribution in [3.63, 3.8) is 0 Å². The molecule has 0 aliphatic carbocycles. The molecule has 1 heterocycles. The van der Waals surface area contributed by atoms with E-state index in [9.17, 15) is 0 Å². The molecule has 4 nitrogen and oxygen atoms in total. The predicted octanol–water partition coefficient (Wildman–Crippen LogP) is 1.95.